The first-order chi connectivity index (χ1) is 8.01. The van der Waals surface area contributed by atoms with E-state index in [2.05, 4.69) is 31.9 Å². The molecule has 0 aliphatic carbocycles. The predicted molar refractivity (Wildman–Crippen MR) is 71.0 cm³/mol. The first-order valence-corrected chi connectivity index (χ1v) is 6.59. The maximum atomic E-state index is 10.1. The molecule has 0 fully saturated rings. The Kier molecular flexibility index (Phi) is 5.88. The van der Waals surface area contributed by atoms with Crippen molar-refractivity contribution in [2.45, 2.75) is 18.6 Å². The lowest BCUT2D eigenvalue weighted by molar-refractivity contribution is -0.0262. The molecule has 1 aromatic carbocycles. The Morgan fingerprint density at radius 1 is 1.35 bits per heavy atom. The lowest BCUT2D eigenvalue weighted by atomic mass is 10.0. The zero-order valence-corrected chi connectivity index (χ0v) is 12.4. The molecule has 0 spiro atoms. The van der Waals surface area contributed by atoms with Crippen molar-refractivity contribution in [1.82, 2.24) is 0 Å². The number of aromatic hydroxyl groups is 1. The number of hydrogen-bond donors (Lipinski definition) is 3. The largest absolute Gasteiger partial charge is 0.506 e. The Bertz CT molecular complexity index is 384. The molecule has 0 heterocycles. The van der Waals surface area contributed by atoms with Crippen molar-refractivity contribution in [3.8, 4) is 5.75 Å². The second-order valence-electron chi connectivity index (χ2n) is 3.56. The van der Waals surface area contributed by atoms with Gasteiger partial charge in [-0.2, -0.15) is 0 Å². The summed E-state index contributed by atoms with van der Waals surface area (Å²) in [5.41, 5.74) is 0.353. The molecule has 0 saturated heterocycles. The molecule has 6 heteroatoms. The van der Waals surface area contributed by atoms with Crippen LogP contribution in [0.4, 0.5) is 0 Å². The molecule has 3 N–H and O–H groups in total. The molecular weight excluding hydrogens is 356 g/mol. The molecule has 0 aliphatic rings. The minimum Gasteiger partial charge on any atom is -0.506 e. The van der Waals surface area contributed by atoms with Gasteiger partial charge in [-0.3, -0.25) is 0 Å². The number of ether oxygens (including phenoxy) is 1. The number of aliphatic hydroxyl groups is 2. The van der Waals surface area contributed by atoms with Crippen molar-refractivity contribution in [3.63, 3.8) is 0 Å². The van der Waals surface area contributed by atoms with Crippen LogP contribution in [0.15, 0.2) is 21.1 Å². The maximum absolute atomic E-state index is 10.1. The van der Waals surface area contributed by atoms with Gasteiger partial charge in [-0.05, 0) is 34.5 Å². The van der Waals surface area contributed by atoms with E-state index in [0.717, 1.165) is 4.47 Å². The standard InChI is InChI=1S/C11H14Br2O4/c1-17-9(2-3-14)11(16)7-4-6(12)5-8(13)10(7)15/h4-5,9,11,14-16H,2-3H2,1H3/t9-,11-/m1/s1. The Morgan fingerprint density at radius 2 is 2.00 bits per heavy atom. The van der Waals surface area contributed by atoms with Crippen LogP contribution in [0.2, 0.25) is 0 Å². The Balaban J connectivity index is 3.05. The Morgan fingerprint density at radius 3 is 2.53 bits per heavy atom. The van der Waals surface area contributed by atoms with Gasteiger partial charge in [0.05, 0.1) is 10.6 Å². The first-order valence-electron chi connectivity index (χ1n) is 5.00. The van der Waals surface area contributed by atoms with Crippen molar-refractivity contribution in [3.05, 3.63) is 26.6 Å². The summed E-state index contributed by atoms with van der Waals surface area (Å²) in [6.07, 6.45) is -1.27. The highest BCUT2D eigenvalue weighted by Gasteiger charge is 2.24. The number of rotatable bonds is 5. The second kappa shape index (κ2) is 6.70. The van der Waals surface area contributed by atoms with Crippen LogP contribution in [-0.4, -0.2) is 35.1 Å². The molecule has 4 nitrogen and oxygen atoms in total. The number of methoxy groups -OCH3 is 1. The molecular formula is C11H14Br2O4. The lowest BCUT2D eigenvalue weighted by Gasteiger charge is -2.22. The van der Waals surface area contributed by atoms with Crippen LogP contribution in [0.25, 0.3) is 0 Å². The van der Waals surface area contributed by atoms with Gasteiger partial charge in [0.15, 0.2) is 0 Å². The van der Waals surface area contributed by atoms with Crippen LogP contribution in [0.5, 0.6) is 5.75 Å². The SMILES string of the molecule is CO[C@H](CCO)[C@H](O)c1cc(Br)cc(Br)c1O. The number of phenolic OH excluding ortho intramolecular Hbond substituents is 1. The molecule has 0 saturated carbocycles. The lowest BCUT2D eigenvalue weighted by Crippen LogP contribution is -2.22. The fourth-order valence-corrected chi connectivity index (χ4v) is 2.80. The Hall–Kier alpha value is -0.140. The number of aliphatic hydroxyl groups excluding tert-OH is 2. The molecule has 0 amide bonds. The molecule has 0 aromatic heterocycles. The van der Waals surface area contributed by atoms with E-state index in [0.29, 0.717) is 16.5 Å². The highest BCUT2D eigenvalue weighted by molar-refractivity contribution is 9.11. The van der Waals surface area contributed by atoms with Gasteiger partial charge in [-0.1, -0.05) is 15.9 Å². The second-order valence-corrected chi connectivity index (χ2v) is 5.33. The summed E-state index contributed by atoms with van der Waals surface area (Å²) in [5, 5.41) is 28.8. The summed E-state index contributed by atoms with van der Waals surface area (Å²) in [5.74, 6) is -0.0271. The molecule has 0 unspecified atom stereocenters. The van der Waals surface area contributed by atoms with Crippen molar-refractivity contribution in [1.29, 1.82) is 0 Å². The third-order valence-corrected chi connectivity index (χ3v) is 3.51. The summed E-state index contributed by atoms with van der Waals surface area (Å²) in [4.78, 5) is 0. The highest BCUT2D eigenvalue weighted by atomic mass is 79.9. The highest BCUT2D eigenvalue weighted by Crippen LogP contribution is 2.37. The average Bonchev–Trinajstić information content (AvgIpc) is 2.29. The third-order valence-electron chi connectivity index (χ3n) is 2.44. The predicted octanol–water partition coefficient (Wildman–Crippen LogP) is 2.35. The van der Waals surface area contributed by atoms with Crippen LogP contribution in [-0.2, 0) is 4.74 Å². The topological polar surface area (TPSA) is 69.9 Å². The van der Waals surface area contributed by atoms with E-state index >= 15 is 0 Å². The van der Waals surface area contributed by atoms with Gasteiger partial charge >= 0.3 is 0 Å². The van der Waals surface area contributed by atoms with Crippen molar-refractivity contribution < 1.29 is 20.1 Å². The van der Waals surface area contributed by atoms with Crippen LogP contribution in [0.1, 0.15) is 18.1 Å². The first kappa shape index (κ1) is 14.9. The van der Waals surface area contributed by atoms with Crippen LogP contribution in [0.3, 0.4) is 0 Å². The quantitative estimate of drug-likeness (QED) is 0.745. The third kappa shape index (κ3) is 3.66. The van der Waals surface area contributed by atoms with Crippen LogP contribution in [0, 0.1) is 0 Å². The van der Waals surface area contributed by atoms with Crippen molar-refractivity contribution in [2.75, 3.05) is 13.7 Å². The Labute approximate surface area is 116 Å². The minimum absolute atomic E-state index is 0.0271. The molecule has 17 heavy (non-hydrogen) atoms. The number of phenols is 1. The van der Waals surface area contributed by atoms with Gasteiger partial charge in [0.25, 0.3) is 0 Å². The van der Waals surface area contributed by atoms with Gasteiger partial charge in [-0.25, -0.2) is 0 Å². The number of benzene rings is 1. The van der Waals surface area contributed by atoms with Gasteiger partial charge in [-0.15, -0.1) is 0 Å². The summed E-state index contributed by atoms with van der Waals surface area (Å²) in [6, 6.07) is 3.30. The molecule has 0 radical (unpaired) electrons. The van der Waals surface area contributed by atoms with E-state index < -0.39 is 12.2 Å². The van der Waals surface area contributed by atoms with E-state index in [4.69, 9.17) is 9.84 Å². The minimum atomic E-state index is -0.999. The summed E-state index contributed by atoms with van der Waals surface area (Å²) >= 11 is 6.48. The van der Waals surface area contributed by atoms with Crippen molar-refractivity contribution >= 4 is 31.9 Å². The molecule has 0 aliphatic heterocycles. The van der Waals surface area contributed by atoms with Crippen LogP contribution >= 0.6 is 31.9 Å². The van der Waals surface area contributed by atoms with E-state index in [1.54, 1.807) is 12.1 Å². The fourth-order valence-electron chi connectivity index (χ4n) is 1.54. The van der Waals surface area contributed by atoms with Gasteiger partial charge in [0, 0.05) is 23.8 Å². The summed E-state index contributed by atoms with van der Waals surface area (Å²) in [6.45, 7) is -0.0918. The summed E-state index contributed by atoms with van der Waals surface area (Å²) < 4.78 is 6.31. The monoisotopic (exact) mass is 368 g/mol. The van der Waals surface area contributed by atoms with Gasteiger partial charge in [0.2, 0.25) is 0 Å². The number of hydrogen-bond acceptors (Lipinski definition) is 4. The van der Waals surface area contributed by atoms with Crippen LogP contribution < -0.4 is 0 Å². The molecule has 1 rings (SSSR count). The van der Waals surface area contributed by atoms with Gasteiger partial charge < -0.3 is 20.1 Å². The van der Waals surface area contributed by atoms with E-state index in [1.807, 2.05) is 0 Å². The number of halogens is 2. The molecule has 1 aromatic rings. The maximum Gasteiger partial charge on any atom is 0.135 e. The van der Waals surface area contributed by atoms with E-state index in [9.17, 15) is 10.2 Å². The fraction of sp³-hybridized carbons (Fsp3) is 0.455. The van der Waals surface area contributed by atoms with E-state index in [1.165, 1.54) is 7.11 Å². The van der Waals surface area contributed by atoms with Gasteiger partial charge in [0.1, 0.15) is 11.9 Å². The zero-order valence-electron chi connectivity index (χ0n) is 9.23. The molecule has 96 valence electrons. The summed E-state index contributed by atoms with van der Waals surface area (Å²) in [7, 11) is 1.45. The average molecular weight is 370 g/mol. The smallest absolute Gasteiger partial charge is 0.135 e. The van der Waals surface area contributed by atoms with E-state index in [-0.39, 0.29) is 12.4 Å². The van der Waals surface area contributed by atoms with Crippen molar-refractivity contribution in [2.24, 2.45) is 0 Å². The zero-order chi connectivity index (χ0) is 13.0. The molecule has 2 atom stereocenters. The molecule has 0 bridgehead atoms. The normalized spacial score (nSPS) is 14.6.